The fraction of sp³-hybridized carbons (Fsp3) is 0.588. The molecule has 0 spiro atoms. The number of rotatable bonds is 4. The maximum atomic E-state index is 12.9. The Kier molecular flexibility index (Phi) is 5.55. The van der Waals surface area contributed by atoms with Crippen LogP contribution in [0.5, 0.6) is 0 Å². The van der Waals surface area contributed by atoms with Crippen molar-refractivity contribution in [1.29, 1.82) is 0 Å². The minimum absolute atomic E-state index is 0.144. The molecule has 0 unspecified atom stereocenters. The largest absolute Gasteiger partial charge is 0.338 e. The lowest BCUT2D eigenvalue weighted by Crippen LogP contribution is -2.54. The van der Waals surface area contributed by atoms with E-state index in [2.05, 4.69) is 4.90 Å². The van der Waals surface area contributed by atoms with Crippen molar-refractivity contribution in [2.75, 3.05) is 43.8 Å². The molecule has 1 aliphatic rings. The average molecular weight is 353 g/mol. The van der Waals surface area contributed by atoms with Gasteiger partial charge in [0.25, 0.3) is 0 Å². The lowest BCUT2D eigenvalue weighted by molar-refractivity contribution is -0.133. The van der Waals surface area contributed by atoms with Gasteiger partial charge in [-0.1, -0.05) is 12.1 Å². The Morgan fingerprint density at radius 1 is 1.17 bits per heavy atom. The van der Waals surface area contributed by atoms with Gasteiger partial charge < -0.3 is 9.80 Å². The smallest absolute Gasteiger partial charge is 0.246 e. The fourth-order valence-corrected chi connectivity index (χ4v) is 4.24. The van der Waals surface area contributed by atoms with Gasteiger partial charge in [0.15, 0.2) is 0 Å². The van der Waals surface area contributed by atoms with Crippen molar-refractivity contribution < 1.29 is 13.2 Å². The monoisotopic (exact) mass is 353 g/mol. The molecule has 1 aromatic rings. The molecular formula is C17H27N3O3S. The second-order valence-electron chi connectivity index (χ2n) is 6.65. The van der Waals surface area contributed by atoms with Gasteiger partial charge in [0, 0.05) is 26.2 Å². The summed E-state index contributed by atoms with van der Waals surface area (Å²) < 4.78 is 26.1. The summed E-state index contributed by atoms with van der Waals surface area (Å²) in [6, 6.07) is 4.88. The zero-order chi connectivity index (χ0) is 18.1. The highest BCUT2D eigenvalue weighted by Gasteiger charge is 2.33. The Hall–Kier alpha value is -1.60. The molecule has 24 heavy (non-hydrogen) atoms. The molecule has 1 atom stereocenters. The Labute approximate surface area is 145 Å². The van der Waals surface area contributed by atoms with Crippen molar-refractivity contribution in [2.45, 2.75) is 26.8 Å². The molecule has 1 heterocycles. The van der Waals surface area contributed by atoms with Gasteiger partial charge in [-0.3, -0.25) is 9.10 Å². The molecule has 1 amide bonds. The summed E-state index contributed by atoms with van der Waals surface area (Å²) in [4.78, 5) is 16.8. The second-order valence-corrected chi connectivity index (χ2v) is 8.51. The Bertz CT molecular complexity index is 710. The van der Waals surface area contributed by atoms with Crippen LogP contribution in [0.1, 0.15) is 18.1 Å². The molecule has 1 fully saturated rings. The lowest BCUT2D eigenvalue weighted by Gasteiger charge is -2.37. The quantitative estimate of drug-likeness (QED) is 0.817. The first-order valence-corrected chi connectivity index (χ1v) is 10.00. The number of nitrogens with zero attached hydrogens (tertiary/aromatic N) is 3. The number of hydrogen-bond donors (Lipinski definition) is 0. The topological polar surface area (TPSA) is 60.9 Å². The van der Waals surface area contributed by atoms with E-state index in [1.165, 1.54) is 4.31 Å². The number of carbonyl (C=O) groups excluding carboxylic acids is 1. The van der Waals surface area contributed by atoms with Crippen LogP contribution in [0.15, 0.2) is 18.2 Å². The van der Waals surface area contributed by atoms with Crippen molar-refractivity contribution in [3.8, 4) is 0 Å². The van der Waals surface area contributed by atoms with Gasteiger partial charge in [0.05, 0.1) is 11.9 Å². The first kappa shape index (κ1) is 18.7. The van der Waals surface area contributed by atoms with Gasteiger partial charge in [-0.15, -0.1) is 0 Å². The van der Waals surface area contributed by atoms with Crippen LogP contribution in [-0.2, 0) is 14.8 Å². The number of amides is 1. The van der Waals surface area contributed by atoms with Gasteiger partial charge in [-0.25, -0.2) is 8.42 Å². The van der Waals surface area contributed by atoms with Crippen LogP contribution >= 0.6 is 0 Å². The predicted octanol–water partition coefficient (Wildman–Crippen LogP) is 1.23. The van der Waals surface area contributed by atoms with E-state index in [9.17, 15) is 13.2 Å². The van der Waals surface area contributed by atoms with Gasteiger partial charge in [-0.2, -0.15) is 0 Å². The molecule has 0 saturated carbocycles. The fourth-order valence-electron chi connectivity index (χ4n) is 3.02. The maximum Gasteiger partial charge on any atom is 0.246 e. The molecule has 6 nitrogen and oxygen atoms in total. The molecule has 0 aliphatic carbocycles. The molecule has 1 aliphatic heterocycles. The molecule has 2 rings (SSSR count). The molecule has 0 bridgehead atoms. The number of piperazine rings is 1. The van der Waals surface area contributed by atoms with E-state index in [0.717, 1.165) is 30.5 Å². The average Bonchev–Trinajstić information content (AvgIpc) is 2.49. The van der Waals surface area contributed by atoms with E-state index < -0.39 is 16.1 Å². The van der Waals surface area contributed by atoms with E-state index in [0.29, 0.717) is 18.8 Å². The highest BCUT2D eigenvalue weighted by atomic mass is 32.2. The van der Waals surface area contributed by atoms with E-state index in [4.69, 9.17) is 0 Å². The summed E-state index contributed by atoms with van der Waals surface area (Å²) in [5.74, 6) is -0.144. The molecule has 1 aromatic carbocycles. The number of hydrogen-bond acceptors (Lipinski definition) is 4. The minimum atomic E-state index is -3.58. The van der Waals surface area contributed by atoms with E-state index in [1.807, 2.05) is 39.1 Å². The van der Waals surface area contributed by atoms with E-state index in [1.54, 1.807) is 11.8 Å². The van der Waals surface area contributed by atoms with Crippen LogP contribution < -0.4 is 4.31 Å². The summed E-state index contributed by atoms with van der Waals surface area (Å²) in [6.45, 7) is 8.32. The molecule has 1 saturated heterocycles. The van der Waals surface area contributed by atoms with Crippen molar-refractivity contribution in [3.63, 3.8) is 0 Å². The second kappa shape index (κ2) is 7.11. The molecule has 7 heteroatoms. The standard InChI is InChI=1S/C17H27N3O3S/c1-13-6-7-14(2)16(12-13)20(24(5,22)23)15(3)17(21)19-10-8-18(4)9-11-19/h6-7,12,15H,8-11H2,1-5H3/t15-/m0/s1. The molecular weight excluding hydrogens is 326 g/mol. The summed E-state index contributed by atoms with van der Waals surface area (Å²) in [6.07, 6.45) is 1.16. The summed E-state index contributed by atoms with van der Waals surface area (Å²) in [7, 11) is -1.56. The van der Waals surface area contributed by atoms with Crippen LogP contribution in [0.3, 0.4) is 0 Å². The van der Waals surface area contributed by atoms with Gasteiger partial charge in [-0.05, 0) is 45.0 Å². The normalized spacial score (nSPS) is 17.6. The third-order valence-electron chi connectivity index (χ3n) is 4.48. The number of aryl methyl sites for hydroxylation is 2. The summed E-state index contributed by atoms with van der Waals surface area (Å²) >= 11 is 0. The molecule has 0 radical (unpaired) electrons. The number of benzene rings is 1. The highest BCUT2D eigenvalue weighted by molar-refractivity contribution is 7.92. The maximum absolute atomic E-state index is 12.9. The van der Waals surface area contributed by atoms with Crippen LogP contribution in [0.4, 0.5) is 5.69 Å². The number of sulfonamides is 1. The van der Waals surface area contributed by atoms with Gasteiger partial charge >= 0.3 is 0 Å². The first-order chi connectivity index (χ1) is 11.1. The lowest BCUT2D eigenvalue weighted by atomic mass is 10.1. The van der Waals surface area contributed by atoms with E-state index >= 15 is 0 Å². The minimum Gasteiger partial charge on any atom is -0.338 e. The third kappa shape index (κ3) is 4.08. The zero-order valence-electron chi connectivity index (χ0n) is 15.1. The zero-order valence-corrected chi connectivity index (χ0v) is 15.9. The molecule has 134 valence electrons. The number of carbonyl (C=O) groups is 1. The van der Waals surface area contributed by atoms with E-state index in [-0.39, 0.29) is 5.91 Å². The van der Waals surface area contributed by atoms with Crippen LogP contribution in [0, 0.1) is 13.8 Å². The van der Waals surface area contributed by atoms with Crippen LogP contribution in [-0.4, -0.2) is 69.6 Å². The van der Waals surface area contributed by atoms with Gasteiger partial charge in [0.2, 0.25) is 15.9 Å². The predicted molar refractivity (Wildman–Crippen MR) is 96.8 cm³/mol. The first-order valence-electron chi connectivity index (χ1n) is 8.15. The van der Waals surface area contributed by atoms with Gasteiger partial charge in [0.1, 0.15) is 6.04 Å². The van der Waals surface area contributed by atoms with Crippen molar-refractivity contribution in [2.24, 2.45) is 0 Å². The highest BCUT2D eigenvalue weighted by Crippen LogP contribution is 2.27. The van der Waals surface area contributed by atoms with Crippen molar-refractivity contribution in [1.82, 2.24) is 9.80 Å². The van der Waals surface area contributed by atoms with Crippen LogP contribution in [0.2, 0.25) is 0 Å². The summed E-state index contributed by atoms with van der Waals surface area (Å²) in [5.41, 5.74) is 2.38. The SMILES string of the molecule is Cc1ccc(C)c(N([C@@H](C)C(=O)N2CCN(C)CC2)S(C)(=O)=O)c1. The number of anilines is 1. The molecule has 0 aromatic heterocycles. The van der Waals surface area contributed by atoms with Crippen molar-refractivity contribution >= 4 is 21.6 Å². The Morgan fingerprint density at radius 2 is 1.75 bits per heavy atom. The van der Waals surface area contributed by atoms with Crippen LogP contribution in [0.25, 0.3) is 0 Å². The number of likely N-dealkylation sites (N-methyl/N-ethyl adjacent to an activating group) is 1. The Morgan fingerprint density at radius 3 is 2.29 bits per heavy atom. The third-order valence-corrected chi connectivity index (χ3v) is 5.71. The van der Waals surface area contributed by atoms with Crippen molar-refractivity contribution in [3.05, 3.63) is 29.3 Å². The Balaban J connectivity index is 2.34. The summed E-state index contributed by atoms with van der Waals surface area (Å²) in [5, 5.41) is 0. The molecule has 0 N–H and O–H groups in total.